The molecule has 0 bridgehead atoms. The number of hydrogen-bond donors (Lipinski definition) is 2. The molecule has 0 saturated heterocycles. The van der Waals surface area contributed by atoms with Crippen molar-refractivity contribution in [3.8, 4) is 11.4 Å². The normalized spacial score (nSPS) is 10.4. The number of pyridine rings is 4. The van der Waals surface area contributed by atoms with E-state index >= 15 is 0 Å². The number of hydrogen-bond acceptors (Lipinski definition) is 6. The zero-order chi connectivity index (χ0) is 19.0. The van der Waals surface area contributed by atoms with Gasteiger partial charge in [-0.25, -0.2) is 19.9 Å². The maximum atomic E-state index is 4.73. The molecule has 0 aliphatic heterocycles. The van der Waals surface area contributed by atoms with E-state index < -0.39 is 0 Å². The van der Waals surface area contributed by atoms with Crippen LogP contribution in [-0.4, -0.2) is 19.9 Å². The second kappa shape index (κ2) is 8.73. The summed E-state index contributed by atoms with van der Waals surface area (Å²) >= 11 is 0. The third-order valence-electron chi connectivity index (χ3n) is 4.11. The average Bonchev–Trinajstić information content (AvgIpc) is 2.78. The molecule has 0 saturated carbocycles. The Morgan fingerprint density at radius 2 is 1.04 bits per heavy atom. The van der Waals surface area contributed by atoms with E-state index in [1.807, 2.05) is 72.8 Å². The second-order valence-corrected chi connectivity index (χ2v) is 6.17. The second-order valence-electron chi connectivity index (χ2n) is 6.17. The van der Waals surface area contributed by atoms with Crippen molar-refractivity contribution in [1.82, 2.24) is 19.9 Å². The fourth-order valence-corrected chi connectivity index (χ4v) is 2.74. The Morgan fingerprint density at radius 1 is 0.536 bits per heavy atom. The predicted octanol–water partition coefficient (Wildman–Crippen LogP) is 4.16. The summed E-state index contributed by atoms with van der Waals surface area (Å²) in [4.78, 5) is 18.0. The Morgan fingerprint density at radius 3 is 1.46 bits per heavy atom. The Labute approximate surface area is 163 Å². The monoisotopic (exact) mass is 368 g/mol. The van der Waals surface area contributed by atoms with E-state index in [9.17, 15) is 0 Å². The largest absolute Gasteiger partial charge is 0.364 e. The fraction of sp³-hybridized carbons (Fsp3) is 0.0909. The van der Waals surface area contributed by atoms with Crippen LogP contribution in [0.25, 0.3) is 11.4 Å². The highest BCUT2D eigenvalue weighted by molar-refractivity contribution is 5.54. The van der Waals surface area contributed by atoms with Crippen LogP contribution < -0.4 is 10.6 Å². The zero-order valence-electron chi connectivity index (χ0n) is 15.3. The molecule has 0 unspecified atom stereocenters. The van der Waals surface area contributed by atoms with Gasteiger partial charge in [-0.1, -0.05) is 24.3 Å². The Bertz CT molecular complexity index is 936. The van der Waals surface area contributed by atoms with Gasteiger partial charge in [-0.15, -0.1) is 0 Å². The summed E-state index contributed by atoms with van der Waals surface area (Å²) in [5.74, 6) is 1.66. The molecule has 4 aromatic rings. The highest BCUT2D eigenvalue weighted by Crippen LogP contribution is 2.16. The van der Waals surface area contributed by atoms with Crippen molar-refractivity contribution in [3.05, 3.63) is 96.6 Å². The van der Waals surface area contributed by atoms with Crippen LogP contribution in [0.5, 0.6) is 0 Å². The number of nitrogens with one attached hydrogen (secondary N) is 2. The third-order valence-corrected chi connectivity index (χ3v) is 4.11. The minimum absolute atomic E-state index is 0.603. The van der Waals surface area contributed by atoms with Gasteiger partial charge in [0.05, 0.1) is 35.9 Å². The summed E-state index contributed by atoms with van der Waals surface area (Å²) in [6.07, 6.45) is 3.53. The molecule has 6 heteroatoms. The van der Waals surface area contributed by atoms with Gasteiger partial charge in [0.25, 0.3) is 0 Å². The van der Waals surface area contributed by atoms with E-state index in [-0.39, 0.29) is 0 Å². The minimum Gasteiger partial charge on any atom is -0.364 e. The summed E-state index contributed by atoms with van der Waals surface area (Å²) in [6, 6.07) is 23.5. The lowest BCUT2D eigenvalue weighted by Crippen LogP contribution is -2.05. The van der Waals surface area contributed by atoms with Crippen molar-refractivity contribution in [3.63, 3.8) is 0 Å². The van der Waals surface area contributed by atoms with Crippen LogP contribution in [-0.2, 0) is 13.1 Å². The molecule has 0 radical (unpaired) electrons. The quantitative estimate of drug-likeness (QED) is 0.510. The SMILES string of the molecule is c1ccc(NCc2cccc(-c3cccc(CNc4ccccn4)n3)n2)nc1. The van der Waals surface area contributed by atoms with Gasteiger partial charge >= 0.3 is 0 Å². The summed E-state index contributed by atoms with van der Waals surface area (Å²) in [6.45, 7) is 1.21. The first-order chi connectivity index (χ1) is 13.9. The molecule has 0 atom stereocenters. The highest BCUT2D eigenvalue weighted by atomic mass is 15.0. The number of aromatic nitrogens is 4. The zero-order valence-corrected chi connectivity index (χ0v) is 15.3. The molecular weight excluding hydrogens is 348 g/mol. The molecule has 4 heterocycles. The van der Waals surface area contributed by atoms with Crippen LogP contribution in [0.1, 0.15) is 11.4 Å². The van der Waals surface area contributed by atoms with Crippen LogP contribution in [0.2, 0.25) is 0 Å². The first kappa shape index (κ1) is 17.6. The summed E-state index contributed by atoms with van der Waals surface area (Å²) in [5, 5.41) is 6.56. The van der Waals surface area contributed by atoms with Gasteiger partial charge in [-0.2, -0.15) is 0 Å². The standard InChI is InChI=1S/C22H20N6/c1-3-13-23-21(11-1)25-15-17-7-5-9-19(27-17)20-10-6-8-18(28-20)16-26-22-12-2-4-14-24-22/h1-14H,15-16H2,(H,23,25)(H,24,26). The molecule has 0 fully saturated rings. The molecule has 6 nitrogen and oxygen atoms in total. The van der Waals surface area contributed by atoms with Gasteiger partial charge in [0.2, 0.25) is 0 Å². The Kier molecular flexibility index (Phi) is 5.49. The molecule has 0 aromatic carbocycles. The van der Waals surface area contributed by atoms with Gasteiger partial charge in [0.1, 0.15) is 11.6 Å². The van der Waals surface area contributed by atoms with E-state index in [0.29, 0.717) is 13.1 Å². The average molecular weight is 368 g/mol. The molecule has 0 aliphatic carbocycles. The van der Waals surface area contributed by atoms with Crippen molar-refractivity contribution in [2.24, 2.45) is 0 Å². The molecule has 0 aliphatic rings. The minimum atomic E-state index is 0.603. The molecule has 28 heavy (non-hydrogen) atoms. The lowest BCUT2D eigenvalue weighted by molar-refractivity contribution is 1.01. The van der Waals surface area contributed by atoms with Gasteiger partial charge in [0, 0.05) is 12.4 Å². The van der Waals surface area contributed by atoms with E-state index in [2.05, 4.69) is 20.6 Å². The molecular formula is C22H20N6. The first-order valence-corrected chi connectivity index (χ1v) is 9.09. The molecule has 0 amide bonds. The summed E-state index contributed by atoms with van der Waals surface area (Å²) in [7, 11) is 0. The van der Waals surface area contributed by atoms with Crippen molar-refractivity contribution in [2.75, 3.05) is 10.6 Å². The van der Waals surface area contributed by atoms with E-state index in [0.717, 1.165) is 34.4 Å². The summed E-state index contributed by atoms with van der Waals surface area (Å²) in [5.41, 5.74) is 3.56. The lowest BCUT2D eigenvalue weighted by Gasteiger charge is -2.08. The topological polar surface area (TPSA) is 75.6 Å². The van der Waals surface area contributed by atoms with Crippen molar-refractivity contribution < 1.29 is 0 Å². The maximum absolute atomic E-state index is 4.73. The summed E-state index contributed by atoms with van der Waals surface area (Å²) < 4.78 is 0. The maximum Gasteiger partial charge on any atom is 0.126 e. The van der Waals surface area contributed by atoms with E-state index in [1.54, 1.807) is 12.4 Å². The van der Waals surface area contributed by atoms with Gasteiger partial charge in [0.15, 0.2) is 0 Å². The van der Waals surface area contributed by atoms with Gasteiger partial charge in [-0.05, 0) is 48.5 Å². The van der Waals surface area contributed by atoms with Crippen LogP contribution in [0.15, 0.2) is 85.2 Å². The molecule has 4 rings (SSSR count). The lowest BCUT2D eigenvalue weighted by atomic mass is 10.2. The van der Waals surface area contributed by atoms with Gasteiger partial charge < -0.3 is 10.6 Å². The number of nitrogens with zero attached hydrogens (tertiary/aromatic N) is 4. The smallest absolute Gasteiger partial charge is 0.126 e. The van der Waals surface area contributed by atoms with Crippen LogP contribution >= 0.6 is 0 Å². The van der Waals surface area contributed by atoms with Crippen molar-refractivity contribution >= 4 is 11.6 Å². The Hall–Kier alpha value is -3.80. The van der Waals surface area contributed by atoms with Gasteiger partial charge in [-0.3, -0.25) is 0 Å². The molecule has 2 N–H and O–H groups in total. The number of rotatable bonds is 7. The van der Waals surface area contributed by atoms with Crippen molar-refractivity contribution in [2.45, 2.75) is 13.1 Å². The molecule has 138 valence electrons. The number of anilines is 2. The Balaban J connectivity index is 1.45. The van der Waals surface area contributed by atoms with Crippen LogP contribution in [0.4, 0.5) is 11.6 Å². The molecule has 0 spiro atoms. The third kappa shape index (κ3) is 4.67. The fourth-order valence-electron chi connectivity index (χ4n) is 2.74. The van der Waals surface area contributed by atoms with Crippen LogP contribution in [0.3, 0.4) is 0 Å². The predicted molar refractivity (Wildman–Crippen MR) is 111 cm³/mol. The first-order valence-electron chi connectivity index (χ1n) is 9.09. The van der Waals surface area contributed by atoms with E-state index in [4.69, 9.17) is 9.97 Å². The van der Waals surface area contributed by atoms with E-state index in [1.165, 1.54) is 0 Å². The van der Waals surface area contributed by atoms with Crippen molar-refractivity contribution in [1.29, 1.82) is 0 Å². The molecule has 4 aromatic heterocycles. The highest BCUT2D eigenvalue weighted by Gasteiger charge is 2.05. The van der Waals surface area contributed by atoms with Crippen LogP contribution in [0, 0.1) is 0 Å².